The highest BCUT2D eigenvalue weighted by Crippen LogP contribution is 2.34. The van der Waals surface area contributed by atoms with Gasteiger partial charge in [-0.2, -0.15) is 10.1 Å². The highest BCUT2D eigenvalue weighted by molar-refractivity contribution is 7.98. The van der Waals surface area contributed by atoms with Gasteiger partial charge in [-0.05, 0) is 31.7 Å². The fourth-order valence-electron chi connectivity index (χ4n) is 3.24. The number of amides is 1. The number of hydrogen-bond acceptors (Lipinski definition) is 7. The van der Waals surface area contributed by atoms with Crippen molar-refractivity contribution in [3.05, 3.63) is 65.2 Å². The van der Waals surface area contributed by atoms with Gasteiger partial charge in [-0.25, -0.2) is 4.68 Å². The molecule has 2 aromatic carbocycles. The van der Waals surface area contributed by atoms with Gasteiger partial charge in [0.15, 0.2) is 0 Å². The Labute approximate surface area is 190 Å². The fraction of sp³-hybridized carbons (Fsp3) is 0.217. The van der Waals surface area contributed by atoms with Gasteiger partial charge in [0.05, 0.1) is 0 Å². The highest BCUT2D eigenvalue weighted by Gasteiger charge is 2.23. The van der Waals surface area contributed by atoms with Crippen LogP contribution in [0.1, 0.15) is 16.7 Å². The van der Waals surface area contributed by atoms with Crippen LogP contribution in [0.4, 0.5) is 5.82 Å². The lowest BCUT2D eigenvalue weighted by Crippen LogP contribution is -2.28. The fourth-order valence-corrected chi connectivity index (χ4v) is 3.82. The maximum atomic E-state index is 12.5. The summed E-state index contributed by atoms with van der Waals surface area (Å²) in [5, 5.41) is 12.1. The average molecular weight is 449 g/mol. The van der Waals surface area contributed by atoms with Crippen LogP contribution in [0.15, 0.2) is 58.1 Å². The Morgan fingerprint density at radius 3 is 2.66 bits per heavy atom. The van der Waals surface area contributed by atoms with Gasteiger partial charge in [-0.3, -0.25) is 4.79 Å². The molecule has 0 saturated carbocycles. The number of anilines is 1. The lowest BCUT2D eigenvalue weighted by atomic mass is 10.1. The Bertz CT molecular complexity index is 1250. The molecular weight excluding hydrogens is 424 g/mol. The maximum absolute atomic E-state index is 12.5. The average Bonchev–Trinajstić information content (AvgIpc) is 3.38. The van der Waals surface area contributed by atoms with Crippen molar-refractivity contribution in [2.45, 2.75) is 32.0 Å². The van der Waals surface area contributed by atoms with Crippen molar-refractivity contribution in [2.75, 3.05) is 12.0 Å². The molecule has 3 N–H and O–H groups in total. The third kappa shape index (κ3) is 4.67. The van der Waals surface area contributed by atoms with Gasteiger partial charge in [-0.15, -0.1) is 11.8 Å². The number of nitrogens with two attached hydrogens (primary N) is 1. The molecule has 0 atom stereocenters. The Morgan fingerprint density at radius 2 is 1.94 bits per heavy atom. The number of benzene rings is 2. The van der Waals surface area contributed by atoms with E-state index >= 15 is 0 Å². The van der Waals surface area contributed by atoms with E-state index in [2.05, 4.69) is 20.6 Å². The first-order valence-corrected chi connectivity index (χ1v) is 11.3. The van der Waals surface area contributed by atoms with Gasteiger partial charge in [0.25, 0.3) is 5.89 Å². The topological polar surface area (TPSA) is 112 Å². The number of aromatic nitrogens is 4. The molecule has 0 saturated heterocycles. The van der Waals surface area contributed by atoms with Crippen LogP contribution in [0.3, 0.4) is 0 Å². The van der Waals surface area contributed by atoms with Gasteiger partial charge in [0.1, 0.15) is 23.0 Å². The molecule has 9 heteroatoms. The number of rotatable bonds is 7. The van der Waals surface area contributed by atoms with E-state index in [1.165, 1.54) is 22.0 Å². The van der Waals surface area contributed by atoms with Crippen LogP contribution >= 0.6 is 11.8 Å². The van der Waals surface area contributed by atoms with Gasteiger partial charge in [0, 0.05) is 12.1 Å². The van der Waals surface area contributed by atoms with Crippen molar-refractivity contribution in [1.29, 1.82) is 0 Å². The van der Waals surface area contributed by atoms with Crippen molar-refractivity contribution in [1.82, 2.24) is 25.2 Å². The van der Waals surface area contributed by atoms with E-state index in [1.807, 2.05) is 68.6 Å². The maximum Gasteiger partial charge on any atom is 0.264 e. The summed E-state index contributed by atoms with van der Waals surface area (Å²) < 4.78 is 6.95. The zero-order valence-electron chi connectivity index (χ0n) is 18.1. The predicted molar refractivity (Wildman–Crippen MR) is 125 cm³/mol. The molecule has 164 valence electrons. The van der Waals surface area contributed by atoms with Crippen LogP contribution in [-0.2, 0) is 17.9 Å². The lowest BCUT2D eigenvalue weighted by molar-refractivity contribution is -0.122. The third-order valence-corrected chi connectivity index (χ3v) is 5.65. The van der Waals surface area contributed by atoms with E-state index in [4.69, 9.17) is 10.3 Å². The van der Waals surface area contributed by atoms with Crippen LogP contribution in [0.25, 0.3) is 22.8 Å². The molecule has 0 spiro atoms. The summed E-state index contributed by atoms with van der Waals surface area (Å²) in [4.78, 5) is 17.0. The summed E-state index contributed by atoms with van der Waals surface area (Å²) >= 11 is 1.40. The molecule has 2 aromatic heterocycles. The predicted octanol–water partition coefficient (Wildman–Crippen LogP) is 3.84. The second-order valence-electron chi connectivity index (χ2n) is 7.48. The Morgan fingerprint density at radius 1 is 1.16 bits per heavy atom. The molecule has 0 unspecified atom stereocenters. The lowest BCUT2D eigenvalue weighted by Gasteiger charge is -2.07. The second kappa shape index (κ2) is 9.27. The molecule has 8 nitrogen and oxygen atoms in total. The largest absolute Gasteiger partial charge is 0.383 e. The number of carbonyl (C=O) groups excluding carboxylic acids is 1. The molecule has 2 heterocycles. The van der Waals surface area contributed by atoms with Crippen LogP contribution in [0, 0.1) is 13.8 Å². The summed E-state index contributed by atoms with van der Waals surface area (Å²) in [6.45, 7) is 4.45. The molecule has 1 amide bonds. The molecule has 0 aliphatic carbocycles. The zero-order valence-corrected chi connectivity index (χ0v) is 18.9. The molecule has 0 aliphatic rings. The highest BCUT2D eigenvalue weighted by atomic mass is 32.2. The second-order valence-corrected chi connectivity index (χ2v) is 8.28. The zero-order chi connectivity index (χ0) is 22.7. The number of nitrogens with one attached hydrogen (secondary N) is 1. The summed E-state index contributed by atoms with van der Waals surface area (Å²) in [5.74, 6) is 0.859. The Balaban J connectivity index is 1.52. The van der Waals surface area contributed by atoms with E-state index in [0.29, 0.717) is 28.8 Å². The minimum atomic E-state index is -0.190. The van der Waals surface area contributed by atoms with Gasteiger partial charge < -0.3 is 15.6 Å². The third-order valence-electron chi connectivity index (χ3n) is 4.97. The molecule has 32 heavy (non-hydrogen) atoms. The number of nitrogens with zero attached hydrogens (tertiary/aromatic N) is 4. The molecule has 0 fully saturated rings. The molecular formula is C23H24N6O2S. The number of thioether (sulfide) groups is 1. The van der Waals surface area contributed by atoms with Gasteiger partial charge in [-0.1, -0.05) is 58.7 Å². The molecule has 4 aromatic rings. The Hall–Kier alpha value is -3.59. The Kier molecular flexibility index (Phi) is 6.27. The van der Waals surface area contributed by atoms with E-state index in [-0.39, 0.29) is 18.3 Å². The van der Waals surface area contributed by atoms with Crippen molar-refractivity contribution in [3.8, 4) is 22.8 Å². The minimum absolute atomic E-state index is 0.00979. The van der Waals surface area contributed by atoms with Gasteiger partial charge >= 0.3 is 0 Å². The quantitative estimate of drug-likeness (QED) is 0.413. The molecule has 4 rings (SSSR count). The van der Waals surface area contributed by atoms with Crippen molar-refractivity contribution in [2.24, 2.45) is 0 Å². The SMILES string of the molecule is CSc1nn(CC(=O)NCc2ccc(C)cc2)c(N)c1-c1nc(-c2cccc(C)c2)no1. The first-order chi connectivity index (χ1) is 15.4. The van der Waals surface area contributed by atoms with E-state index < -0.39 is 0 Å². The van der Waals surface area contributed by atoms with E-state index in [9.17, 15) is 4.79 Å². The van der Waals surface area contributed by atoms with Crippen molar-refractivity contribution < 1.29 is 9.32 Å². The normalized spacial score (nSPS) is 11.0. The van der Waals surface area contributed by atoms with E-state index in [1.54, 1.807) is 0 Å². The number of hydrogen-bond donors (Lipinski definition) is 2. The van der Waals surface area contributed by atoms with Crippen LogP contribution in [0.5, 0.6) is 0 Å². The van der Waals surface area contributed by atoms with Crippen molar-refractivity contribution >= 4 is 23.5 Å². The summed E-state index contributed by atoms with van der Waals surface area (Å²) in [6.07, 6.45) is 1.88. The smallest absolute Gasteiger partial charge is 0.264 e. The van der Waals surface area contributed by atoms with Crippen LogP contribution < -0.4 is 11.1 Å². The minimum Gasteiger partial charge on any atom is -0.383 e. The number of nitrogen functional groups attached to an aromatic ring is 1. The first-order valence-electron chi connectivity index (χ1n) is 10.1. The monoisotopic (exact) mass is 448 g/mol. The molecule has 0 radical (unpaired) electrons. The van der Waals surface area contributed by atoms with Crippen molar-refractivity contribution in [3.63, 3.8) is 0 Å². The molecule has 0 bridgehead atoms. The summed E-state index contributed by atoms with van der Waals surface area (Å²) in [6, 6.07) is 15.8. The number of carbonyl (C=O) groups is 1. The number of aryl methyl sites for hydroxylation is 2. The van der Waals surface area contributed by atoms with E-state index in [0.717, 1.165) is 16.7 Å². The van der Waals surface area contributed by atoms with Crippen LogP contribution in [0.2, 0.25) is 0 Å². The van der Waals surface area contributed by atoms with Gasteiger partial charge in [0.2, 0.25) is 11.7 Å². The summed E-state index contributed by atoms with van der Waals surface area (Å²) in [7, 11) is 0. The summed E-state index contributed by atoms with van der Waals surface area (Å²) in [5.41, 5.74) is 11.0. The first kappa shape index (κ1) is 21.6. The van der Waals surface area contributed by atoms with Crippen LogP contribution in [-0.4, -0.2) is 32.1 Å². The standard InChI is InChI=1S/C23H24N6O2S/c1-14-7-9-16(10-8-14)12-25-18(30)13-29-20(24)19(23(27-29)32-3)22-26-21(28-31-22)17-6-4-5-15(2)11-17/h4-11H,12-13,24H2,1-3H3,(H,25,30). The molecule has 0 aliphatic heterocycles.